The van der Waals surface area contributed by atoms with Crippen LogP contribution in [0.2, 0.25) is 0 Å². The maximum atomic E-state index is 4.08. The molecule has 3 nitrogen and oxygen atoms in total. The zero-order chi connectivity index (χ0) is 9.31. The Kier molecular flexibility index (Phi) is 1.87. The van der Waals surface area contributed by atoms with E-state index in [0.29, 0.717) is 5.41 Å². The van der Waals surface area contributed by atoms with Crippen LogP contribution in [0, 0.1) is 5.41 Å². The van der Waals surface area contributed by atoms with E-state index in [1.165, 1.54) is 0 Å². The molecule has 0 saturated carbocycles. The van der Waals surface area contributed by atoms with Gasteiger partial charge in [-0.15, -0.1) is 0 Å². The third-order valence-electron chi connectivity index (χ3n) is 2.34. The quantitative estimate of drug-likeness (QED) is 0.636. The summed E-state index contributed by atoms with van der Waals surface area (Å²) in [5, 5.41) is 6.80. The lowest BCUT2D eigenvalue weighted by Crippen LogP contribution is -2.27. The summed E-state index contributed by atoms with van der Waals surface area (Å²) in [7, 11) is 0. The lowest BCUT2D eigenvalue weighted by molar-refractivity contribution is 0.423. The Balaban J connectivity index is 2.27. The van der Waals surface area contributed by atoms with E-state index in [0.717, 1.165) is 24.5 Å². The summed E-state index contributed by atoms with van der Waals surface area (Å²) in [6.07, 6.45) is 3.68. The van der Waals surface area contributed by atoms with Crippen LogP contribution in [-0.4, -0.2) is 18.1 Å². The molecule has 0 saturated heterocycles. The molecule has 1 aliphatic heterocycles. The van der Waals surface area contributed by atoms with E-state index in [2.05, 4.69) is 29.5 Å². The Morgan fingerprint density at radius 2 is 1.92 bits per heavy atom. The molecule has 0 unspecified atom stereocenters. The lowest BCUT2D eigenvalue weighted by Gasteiger charge is -2.21. The van der Waals surface area contributed by atoms with Crippen molar-refractivity contribution in [3.05, 3.63) is 18.5 Å². The van der Waals surface area contributed by atoms with Crippen molar-refractivity contribution in [3.8, 4) is 0 Å². The molecule has 2 N–H and O–H groups in total. The SMILES string of the molecule is CC1(C)CNc2ccncc2NC1. The second-order valence-corrected chi connectivity index (χ2v) is 4.29. The second-order valence-electron chi connectivity index (χ2n) is 4.29. The number of hydrogen-bond acceptors (Lipinski definition) is 3. The summed E-state index contributed by atoms with van der Waals surface area (Å²) in [6.45, 7) is 6.47. The van der Waals surface area contributed by atoms with Gasteiger partial charge < -0.3 is 10.6 Å². The van der Waals surface area contributed by atoms with Crippen molar-refractivity contribution >= 4 is 11.4 Å². The van der Waals surface area contributed by atoms with E-state index >= 15 is 0 Å². The molecule has 1 aliphatic rings. The van der Waals surface area contributed by atoms with Gasteiger partial charge >= 0.3 is 0 Å². The number of aromatic nitrogens is 1. The van der Waals surface area contributed by atoms with Crippen molar-refractivity contribution < 1.29 is 0 Å². The summed E-state index contributed by atoms with van der Waals surface area (Å²) < 4.78 is 0. The van der Waals surface area contributed by atoms with Crippen LogP contribution in [0.4, 0.5) is 11.4 Å². The first-order valence-corrected chi connectivity index (χ1v) is 4.59. The maximum Gasteiger partial charge on any atom is 0.0762 e. The van der Waals surface area contributed by atoms with Crippen LogP contribution in [0.15, 0.2) is 18.5 Å². The molecule has 1 aromatic heterocycles. The van der Waals surface area contributed by atoms with Gasteiger partial charge in [0, 0.05) is 19.3 Å². The van der Waals surface area contributed by atoms with Gasteiger partial charge in [-0.1, -0.05) is 13.8 Å². The van der Waals surface area contributed by atoms with Crippen LogP contribution in [-0.2, 0) is 0 Å². The minimum absolute atomic E-state index is 0.291. The van der Waals surface area contributed by atoms with Crippen molar-refractivity contribution in [2.24, 2.45) is 5.41 Å². The number of nitrogens with zero attached hydrogens (tertiary/aromatic N) is 1. The minimum Gasteiger partial charge on any atom is -0.383 e. The Hall–Kier alpha value is -1.25. The Bertz CT molecular complexity index is 278. The predicted molar refractivity (Wildman–Crippen MR) is 55.0 cm³/mol. The van der Waals surface area contributed by atoms with E-state index in [9.17, 15) is 0 Å². The van der Waals surface area contributed by atoms with Crippen molar-refractivity contribution in [1.29, 1.82) is 0 Å². The normalized spacial score (nSPS) is 19.2. The number of fused-ring (bicyclic) bond motifs is 1. The maximum absolute atomic E-state index is 4.08. The number of nitrogens with one attached hydrogen (secondary N) is 2. The molecular weight excluding hydrogens is 162 g/mol. The number of rotatable bonds is 0. The van der Waals surface area contributed by atoms with Crippen molar-refractivity contribution in [2.75, 3.05) is 23.7 Å². The van der Waals surface area contributed by atoms with Gasteiger partial charge in [0.05, 0.1) is 17.6 Å². The monoisotopic (exact) mass is 177 g/mol. The zero-order valence-electron chi connectivity index (χ0n) is 8.09. The van der Waals surface area contributed by atoms with E-state index in [1.54, 1.807) is 0 Å². The molecule has 3 heteroatoms. The third-order valence-corrected chi connectivity index (χ3v) is 2.34. The first-order chi connectivity index (χ1) is 6.17. The summed E-state index contributed by atoms with van der Waals surface area (Å²) in [4.78, 5) is 4.08. The highest BCUT2D eigenvalue weighted by molar-refractivity contribution is 5.68. The Morgan fingerprint density at radius 3 is 2.69 bits per heavy atom. The lowest BCUT2D eigenvalue weighted by atomic mass is 9.94. The van der Waals surface area contributed by atoms with Crippen LogP contribution in [0.5, 0.6) is 0 Å². The molecule has 2 heterocycles. The van der Waals surface area contributed by atoms with Gasteiger partial charge in [-0.25, -0.2) is 0 Å². The van der Waals surface area contributed by atoms with E-state index in [1.807, 2.05) is 18.5 Å². The molecular formula is C10H15N3. The number of hydrogen-bond donors (Lipinski definition) is 2. The molecule has 0 spiro atoms. The summed E-state index contributed by atoms with van der Waals surface area (Å²) in [6, 6.07) is 2.00. The third kappa shape index (κ3) is 1.74. The van der Waals surface area contributed by atoms with Gasteiger partial charge in [0.2, 0.25) is 0 Å². The van der Waals surface area contributed by atoms with Crippen molar-refractivity contribution in [2.45, 2.75) is 13.8 Å². The molecule has 0 aliphatic carbocycles. The standard InChI is InChI=1S/C10H15N3/c1-10(2)6-12-8-3-4-11-5-9(8)13-7-10/h3-5,12-13H,6-7H2,1-2H3. The van der Waals surface area contributed by atoms with Crippen LogP contribution >= 0.6 is 0 Å². The van der Waals surface area contributed by atoms with E-state index < -0.39 is 0 Å². The molecule has 70 valence electrons. The van der Waals surface area contributed by atoms with E-state index in [-0.39, 0.29) is 0 Å². The topological polar surface area (TPSA) is 37.0 Å². The van der Waals surface area contributed by atoms with Crippen LogP contribution in [0.1, 0.15) is 13.8 Å². The molecule has 13 heavy (non-hydrogen) atoms. The highest BCUT2D eigenvalue weighted by atomic mass is 15.0. The Labute approximate surface area is 78.6 Å². The zero-order valence-corrected chi connectivity index (χ0v) is 8.09. The van der Waals surface area contributed by atoms with Crippen LogP contribution < -0.4 is 10.6 Å². The van der Waals surface area contributed by atoms with Gasteiger partial charge in [-0.2, -0.15) is 0 Å². The Morgan fingerprint density at radius 1 is 1.23 bits per heavy atom. The fourth-order valence-corrected chi connectivity index (χ4v) is 1.42. The molecule has 0 atom stereocenters. The van der Waals surface area contributed by atoms with Gasteiger partial charge in [0.1, 0.15) is 0 Å². The van der Waals surface area contributed by atoms with Crippen LogP contribution in [0.3, 0.4) is 0 Å². The first-order valence-electron chi connectivity index (χ1n) is 4.59. The molecule has 0 fully saturated rings. The van der Waals surface area contributed by atoms with Crippen molar-refractivity contribution in [3.63, 3.8) is 0 Å². The molecule has 0 amide bonds. The van der Waals surface area contributed by atoms with Crippen LogP contribution in [0.25, 0.3) is 0 Å². The first kappa shape index (κ1) is 8.35. The number of pyridine rings is 1. The minimum atomic E-state index is 0.291. The smallest absolute Gasteiger partial charge is 0.0762 e. The molecule has 0 aromatic carbocycles. The predicted octanol–water partition coefficient (Wildman–Crippen LogP) is 1.95. The molecule has 1 aromatic rings. The van der Waals surface area contributed by atoms with Gasteiger partial charge in [-0.05, 0) is 11.5 Å². The molecule has 0 radical (unpaired) electrons. The summed E-state index contributed by atoms with van der Waals surface area (Å²) in [5.41, 5.74) is 2.55. The number of anilines is 2. The summed E-state index contributed by atoms with van der Waals surface area (Å²) >= 11 is 0. The largest absolute Gasteiger partial charge is 0.383 e. The molecule has 0 bridgehead atoms. The second kappa shape index (κ2) is 2.91. The van der Waals surface area contributed by atoms with Gasteiger partial charge in [0.15, 0.2) is 0 Å². The average molecular weight is 177 g/mol. The van der Waals surface area contributed by atoms with E-state index in [4.69, 9.17) is 0 Å². The fourth-order valence-electron chi connectivity index (χ4n) is 1.42. The highest BCUT2D eigenvalue weighted by Gasteiger charge is 2.21. The molecule has 2 rings (SSSR count). The van der Waals surface area contributed by atoms with Crippen molar-refractivity contribution in [1.82, 2.24) is 4.98 Å². The van der Waals surface area contributed by atoms with Gasteiger partial charge in [0.25, 0.3) is 0 Å². The van der Waals surface area contributed by atoms with Gasteiger partial charge in [-0.3, -0.25) is 4.98 Å². The summed E-state index contributed by atoms with van der Waals surface area (Å²) in [5.74, 6) is 0. The average Bonchev–Trinajstić information content (AvgIpc) is 2.27. The highest BCUT2D eigenvalue weighted by Crippen LogP contribution is 2.27. The fraction of sp³-hybridized carbons (Fsp3) is 0.500.